The Morgan fingerprint density at radius 3 is 2.52 bits per heavy atom. The van der Waals surface area contributed by atoms with Crippen LogP contribution in [-0.2, 0) is 38.8 Å². The van der Waals surface area contributed by atoms with Crippen LogP contribution in [0.5, 0.6) is 0 Å². The van der Waals surface area contributed by atoms with E-state index in [4.69, 9.17) is 0 Å². The van der Waals surface area contributed by atoms with Gasteiger partial charge in [-0.05, 0) is 42.7 Å². The van der Waals surface area contributed by atoms with E-state index in [9.17, 15) is 21.2 Å². The summed E-state index contributed by atoms with van der Waals surface area (Å²) in [7, 11) is -7.11. The minimum atomic E-state index is -3.81. The molecule has 1 aliphatic rings. The van der Waals surface area contributed by atoms with E-state index in [1.54, 1.807) is 31.2 Å². The predicted molar refractivity (Wildman–Crippen MR) is 103 cm³/mol. The number of nitrogens with one attached hydrogen (secondary N) is 1. The first-order valence-electron chi connectivity index (χ1n) is 8.54. The summed E-state index contributed by atoms with van der Waals surface area (Å²) in [5.74, 6) is -1.03. The molecule has 0 atom stereocenters. The molecule has 1 N–H and O–H groups in total. The van der Waals surface area contributed by atoms with E-state index in [-0.39, 0.29) is 17.9 Å². The molecule has 0 unspecified atom stereocenters. The lowest BCUT2D eigenvalue weighted by Crippen LogP contribution is -2.36. The minimum Gasteiger partial charge on any atom is -0.283 e. The summed E-state index contributed by atoms with van der Waals surface area (Å²) in [6.07, 6.45) is 0.580. The van der Waals surface area contributed by atoms with E-state index in [1.165, 1.54) is 22.5 Å². The van der Waals surface area contributed by atoms with Crippen LogP contribution in [-0.4, -0.2) is 33.4 Å². The number of rotatable bonds is 6. The van der Waals surface area contributed by atoms with Crippen molar-refractivity contribution in [2.45, 2.75) is 25.6 Å². The van der Waals surface area contributed by atoms with Gasteiger partial charge in [0.25, 0.3) is 0 Å². The maximum absolute atomic E-state index is 13.7. The van der Waals surface area contributed by atoms with Gasteiger partial charge < -0.3 is 0 Å². The fourth-order valence-corrected chi connectivity index (χ4v) is 5.32. The van der Waals surface area contributed by atoms with Gasteiger partial charge in [-0.15, -0.1) is 0 Å². The first kappa shape index (κ1) is 19.8. The van der Waals surface area contributed by atoms with Crippen molar-refractivity contribution >= 4 is 25.7 Å². The second kappa shape index (κ2) is 7.57. The van der Waals surface area contributed by atoms with Crippen molar-refractivity contribution in [3.63, 3.8) is 0 Å². The number of sulfonamides is 2. The summed E-state index contributed by atoms with van der Waals surface area (Å²) in [6, 6.07) is 10.8. The molecule has 0 saturated heterocycles. The van der Waals surface area contributed by atoms with Crippen LogP contribution < -0.4 is 4.72 Å². The third-order valence-electron chi connectivity index (χ3n) is 4.52. The fraction of sp³-hybridized carbons (Fsp3) is 0.333. The highest BCUT2D eigenvalue weighted by molar-refractivity contribution is 7.91. The van der Waals surface area contributed by atoms with Gasteiger partial charge in [0, 0.05) is 24.3 Å². The summed E-state index contributed by atoms with van der Waals surface area (Å²) >= 11 is 0. The number of nitrogens with zero attached hydrogens (tertiary/aromatic N) is 1. The van der Waals surface area contributed by atoms with Crippen molar-refractivity contribution in [1.82, 2.24) is 4.31 Å². The molecule has 9 heteroatoms. The standard InChI is InChI=1S/C18H21FN2O4S2/c1-2-27(24,25)21-10-9-14-7-8-17(11-16(14)12-21)20-26(22,23)13-15-5-3-4-6-18(15)19/h3-8,11,20H,2,9-10,12-13H2,1H3. The van der Waals surface area contributed by atoms with Gasteiger partial charge >= 0.3 is 0 Å². The maximum atomic E-state index is 13.7. The number of benzene rings is 2. The molecule has 1 aliphatic heterocycles. The Bertz CT molecular complexity index is 1050. The molecule has 0 amide bonds. The Morgan fingerprint density at radius 1 is 1.07 bits per heavy atom. The van der Waals surface area contributed by atoms with Crippen LogP contribution >= 0.6 is 0 Å². The van der Waals surface area contributed by atoms with Gasteiger partial charge in [-0.3, -0.25) is 4.72 Å². The van der Waals surface area contributed by atoms with Crippen molar-refractivity contribution in [3.8, 4) is 0 Å². The molecule has 146 valence electrons. The number of hydrogen-bond donors (Lipinski definition) is 1. The SMILES string of the molecule is CCS(=O)(=O)N1CCc2ccc(NS(=O)(=O)Cc3ccccc3F)cc2C1. The first-order valence-corrected chi connectivity index (χ1v) is 11.8. The average molecular weight is 413 g/mol. The topological polar surface area (TPSA) is 83.6 Å². The van der Waals surface area contributed by atoms with E-state index in [0.717, 1.165) is 11.1 Å². The number of hydrogen-bond acceptors (Lipinski definition) is 4. The van der Waals surface area contributed by atoms with Gasteiger partial charge in [-0.25, -0.2) is 21.2 Å². The highest BCUT2D eigenvalue weighted by Crippen LogP contribution is 2.25. The lowest BCUT2D eigenvalue weighted by atomic mass is 10.0. The molecule has 3 rings (SSSR count). The van der Waals surface area contributed by atoms with Crippen LogP contribution in [0.4, 0.5) is 10.1 Å². The lowest BCUT2D eigenvalue weighted by Gasteiger charge is -2.28. The molecule has 0 bridgehead atoms. The Labute approximate surface area is 159 Å². The summed E-state index contributed by atoms with van der Waals surface area (Å²) in [6.45, 7) is 2.23. The van der Waals surface area contributed by atoms with E-state index in [1.807, 2.05) is 0 Å². The molecule has 0 spiro atoms. The minimum absolute atomic E-state index is 0.0251. The fourth-order valence-electron chi connectivity index (χ4n) is 3.05. The second-order valence-corrected chi connectivity index (χ2v) is 10.4. The highest BCUT2D eigenvalue weighted by Gasteiger charge is 2.25. The van der Waals surface area contributed by atoms with Gasteiger partial charge in [0.05, 0.1) is 11.5 Å². The molecular formula is C18H21FN2O4S2. The van der Waals surface area contributed by atoms with E-state index < -0.39 is 31.6 Å². The summed E-state index contributed by atoms with van der Waals surface area (Å²) in [5, 5.41) is 0. The molecule has 2 aromatic rings. The highest BCUT2D eigenvalue weighted by atomic mass is 32.2. The summed E-state index contributed by atoms with van der Waals surface area (Å²) in [4.78, 5) is 0. The number of fused-ring (bicyclic) bond motifs is 1. The van der Waals surface area contributed by atoms with Gasteiger partial charge in [0.1, 0.15) is 5.82 Å². The Morgan fingerprint density at radius 2 is 1.81 bits per heavy atom. The van der Waals surface area contributed by atoms with Crippen molar-refractivity contribution in [2.75, 3.05) is 17.0 Å². The van der Waals surface area contributed by atoms with E-state index in [0.29, 0.717) is 18.7 Å². The molecule has 6 nitrogen and oxygen atoms in total. The van der Waals surface area contributed by atoms with Crippen LogP contribution in [0.15, 0.2) is 42.5 Å². The molecule has 2 aromatic carbocycles. The van der Waals surface area contributed by atoms with Crippen LogP contribution in [0.25, 0.3) is 0 Å². The maximum Gasteiger partial charge on any atom is 0.237 e. The number of halogens is 1. The molecule has 0 fully saturated rings. The number of anilines is 1. The van der Waals surface area contributed by atoms with Crippen LogP contribution in [0.2, 0.25) is 0 Å². The predicted octanol–water partition coefficient (Wildman–Crippen LogP) is 2.48. The quantitative estimate of drug-likeness (QED) is 0.790. The molecule has 0 saturated carbocycles. The largest absolute Gasteiger partial charge is 0.283 e. The summed E-state index contributed by atoms with van der Waals surface area (Å²) in [5.41, 5.74) is 2.18. The van der Waals surface area contributed by atoms with Crippen LogP contribution in [0.3, 0.4) is 0 Å². The van der Waals surface area contributed by atoms with Gasteiger partial charge in [0.2, 0.25) is 20.0 Å². The summed E-state index contributed by atoms with van der Waals surface area (Å²) < 4.78 is 66.5. The normalized spacial score (nSPS) is 15.3. The Hall–Kier alpha value is -1.97. The van der Waals surface area contributed by atoms with Gasteiger partial charge in [-0.1, -0.05) is 24.3 Å². The van der Waals surface area contributed by atoms with E-state index >= 15 is 0 Å². The zero-order valence-corrected chi connectivity index (χ0v) is 16.5. The van der Waals surface area contributed by atoms with Crippen LogP contribution in [0.1, 0.15) is 23.6 Å². The van der Waals surface area contributed by atoms with Crippen molar-refractivity contribution in [3.05, 3.63) is 65.0 Å². The van der Waals surface area contributed by atoms with Gasteiger partial charge in [-0.2, -0.15) is 4.31 Å². The molecule has 1 heterocycles. The molecule has 0 aliphatic carbocycles. The Balaban J connectivity index is 1.79. The monoisotopic (exact) mass is 412 g/mol. The van der Waals surface area contributed by atoms with Gasteiger partial charge in [0.15, 0.2) is 0 Å². The third-order valence-corrected chi connectivity index (χ3v) is 7.58. The van der Waals surface area contributed by atoms with Crippen LogP contribution in [0, 0.1) is 5.82 Å². The van der Waals surface area contributed by atoms with E-state index in [2.05, 4.69) is 4.72 Å². The zero-order chi connectivity index (χ0) is 19.7. The second-order valence-electron chi connectivity index (χ2n) is 6.42. The first-order chi connectivity index (χ1) is 12.7. The molecule has 0 radical (unpaired) electrons. The smallest absolute Gasteiger partial charge is 0.237 e. The van der Waals surface area contributed by atoms with Crippen molar-refractivity contribution < 1.29 is 21.2 Å². The Kier molecular flexibility index (Phi) is 5.55. The van der Waals surface area contributed by atoms with Crippen molar-refractivity contribution in [2.24, 2.45) is 0 Å². The van der Waals surface area contributed by atoms with Crippen molar-refractivity contribution in [1.29, 1.82) is 0 Å². The lowest BCUT2D eigenvalue weighted by molar-refractivity contribution is 0.392. The third kappa shape index (κ3) is 4.66. The zero-order valence-electron chi connectivity index (χ0n) is 14.9. The molecular weight excluding hydrogens is 391 g/mol. The average Bonchev–Trinajstić information content (AvgIpc) is 2.62. The molecule has 27 heavy (non-hydrogen) atoms. The molecule has 0 aromatic heterocycles.